The van der Waals surface area contributed by atoms with Crippen LogP contribution in [0.3, 0.4) is 0 Å². The number of hydrogen-bond donors (Lipinski definition) is 0. The lowest BCUT2D eigenvalue weighted by Crippen LogP contribution is -2.06. The molecule has 0 bridgehead atoms. The van der Waals surface area contributed by atoms with Gasteiger partial charge in [0.05, 0.1) is 13.5 Å². The smallest absolute Gasteiger partial charge is 0.309 e. The molecular formula is C13H14N2O3S. The predicted molar refractivity (Wildman–Crippen MR) is 70.8 cm³/mol. The molecule has 2 rings (SSSR count). The van der Waals surface area contributed by atoms with Crippen molar-refractivity contribution in [1.82, 2.24) is 10.2 Å². The molecule has 0 radical (unpaired) electrons. The minimum Gasteiger partial charge on any atom is -0.469 e. The molecule has 0 amide bonds. The maximum absolute atomic E-state index is 11.3. The van der Waals surface area contributed by atoms with Crippen molar-refractivity contribution in [2.24, 2.45) is 0 Å². The topological polar surface area (TPSA) is 65.2 Å². The summed E-state index contributed by atoms with van der Waals surface area (Å²) in [7, 11) is 1.39. The van der Waals surface area contributed by atoms with E-state index in [1.807, 2.05) is 24.3 Å². The zero-order valence-corrected chi connectivity index (χ0v) is 11.6. The fraction of sp³-hybridized carbons (Fsp3) is 0.308. The van der Waals surface area contributed by atoms with Crippen molar-refractivity contribution in [3.63, 3.8) is 0 Å². The Bertz CT molecular complexity index is 569. The van der Waals surface area contributed by atoms with E-state index in [2.05, 4.69) is 14.9 Å². The van der Waals surface area contributed by atoms with E-state index < -0.39 is 0 Å². The molecule has 0 spiro atoms. The number of aromatic nitrogens is 2. The first-order valence-corrected chi connectivity index (χ1v) is 6.74. The van der Waals surface area contributed by atoms with E-state index in [0.717, 1.165) is 11.1 Å². The SMILES string of the molecule is COC(=O)Cc1ccccc1CSc1nnc(C)o1. The molecule has 0 N–H and O–H groups in total. The summed E-state index contributed by atoms with van der Waals surface area (Å²) in [6, 6.07) is 7.75. The highest BCUT2D eigenvalue weighted by Gasteiger charge is 2.10. The fourth-order valence-electron chi connectivity index (χ4n) is 1.57. The molecule has 0 saturated heterocycles. The van der Waals surface area contributed by atoms with Gasteiger partial charge in [0.25, 0.3) is 5.22 Å². The highest BCUT2D eigenvalue weighted by atomic mass is 32.2. The van der Waals surface area contributed by atoms with Crippen LogP contribution in [0.4, 0.5) is 0 Å². The van der Waals surface area contributed by atoms with Gasteiger partial charge in [-0.1, -0.05) is 36.0 Å². The van der Waals surface area contributed by atoms with Crippen molar-refractivity contribution < 1.29 is 13.9 Å². The normalized spacial score (nSPS) is 10.4. The molecule has 0 aliphatic rings. The van der Waals surface area contributed by atoms with Gasteiger partial charge in [-0.15, -0.1) is 10.2 Å². The van der Waals surface area contributed by atoms with Gasteiger partial charge in [0.15, 0.2) is 0 Å². The van der Waals surface area contributed by atoms with E-state index in [9.17, 15) is 4.79 Å². The number of ether oxygens (including phenoxy) is 1. The van der Waals surface area contributed by atoms with Crippen molar-refractivity contribution >= 4 is 17.7 Å². The molecule has 0 aliphatic carbocycles. The van der Waals surface area contributed by atoms with Crippen molar-refractivity contribution in [1.29, 1.82) is 0 Å². The van der Waals surface area contributed by atoms with Crippen molar-refractivity contribution in [3.8, 4) is 0 Å². The number of carbonyl (C=O) groups is 1. The molecule has 0 unspecified atom stereocenters. The van der Waals surface area contributed by atoms with Crippen LogP contribution in [0.2, 0.25) is 0 Å². The zero-order chi connectivity index (χ0) is 13.7. The van der Waals surface area contributed by atoms with Crippen LogP contribution in [0.15, 0.2) is 33.9 Å². The average molecular weight is 278 g/mol. The number of hydrogen-bond acceptors (Lipinski definition) is 6. The molecule has 1 aromatic carbocycles. The van der Waals surface area contributed by atoms with Crippen LogP contribution in [-0.2, 0) is 21.7 Å². The summed E-state index contributed by atoms with van der Waals surface area (Å²) in [6.07, 6.45) is 0.274. The van der Waals surface area contributed by atoms with Gasteiger partial charge in [0.1, 0.15) is 0 Å². The number of esters is 1. The molecule has 2 aromatic rings. The van der Waals surface area contributed by atoms with Crippen LogP contribution in [0.5, 0.6) is 0 Å². The Labute approximate surface area is 115 Å². The Kier molecular flexibility index (Phi) is 4.57. The molecule has 0 aliphatic heterocycles. The number of nitrogens with zero attached hydrogens (tertiary/aromatic N) is 2. The maximum Gasteiger partial charge on any atom is 0.309 e. The third-order valence-corrected chi connectivity index (χ3v) is 3.41. The first-order valence-electron chi connectivity index (χ1n) is 5.75. The van der Waals surface area contributed by atoms with E-state index in [1.54, 1.807) is 6.92 Å². The van der Waals surface area contributed by atoms with Crippen LogP contribution in [0.25, 0.3) is 0 Å². The van der Waals surface area contributed by atoms with Crippen molar-refractivity contribution in [2.75, 3.05) is 7.11 Å². The number of methoxy groups -OCH3 is 1. The highest BCUT2D eigenvalue weighted by molar-refractivity contribution is 7.98. The molecule has 19 heavy (non-hydrogen) atoms. The minimum atomic E-state index is -0.244. The molecule has 0 fully saturated rings. The number of thioether (sulfide) groups is 1. The Morgan fingerprint density at radius 1 is 1.32 bits per heavy atom. The first kappa shape index (κ1) is 13.6. The van der Waals surface area contributed by atoms with Gasteiger partial charge in [-0.2, -0.15) is 0 Å². The van der Waals surface area contributed by atoms with E-state index in [0.29, 0.717) is 16.9 Å². The van der Waals surface area contributed by atoms with Gasteiger partial charge >= 0.3 is 5.97 Å². The second kappa shape index (κ2) is 6.38. The number of carbonyl (C=O) groups excluding carboxylic acids is 1. The van der Waals surface area contributed by atoms with Crippen LogP contribution in [0, 0.1) is 6.92 Å². The predicted octanol–water partition coefficient (Wildman–Crippen LogP) is 2.39. The maximum atomic E-state index is 11.3. The molecule has 100 valence electrons. The molecule has 6 heteroatoms. The van der Waals surface area contributed by atoms with Crippen molar-refractivity contribution in [2.45, 2.75) is 24.3 Å². The summed E-state index contributed by atoms with van der Waals surface area (Å²) in [5, 5.41) is 8.23. The number of rotatable bonds is 5. The summed E-state index contributed by atoms with van der Waals surface area (Å²) in [5.41, 5.74) is 2.02. The Hall–Kier alpha value is -1.82. The van der Waals surface area contributed by atoms with Crippen LogP contribution in [-0.4, -0.2) is 23.3 Å². The van der Waals surface area contributed by atoms with Crippen LogP contribution >= 0.6 is 11.8 Å². The quantitative estimate of drug-likeness (QED) is 0.618. The average Bonchev–Trinajstić information content (AvgIpc) is 2.83. The van der Waals surface area contributed by atoms with E-state index >= 15 is 0 Å². The molecule has 5 nitrogen and oxygen atoms in total. The summed E-state index contributed by atoms with van der Waals surface area (Å²) >= 11 is 1.45. The van der Waals surface area contributed by atoms with Gasteiger partial charge in [0, 0.05) is 12.7 Å². The summed E-state index contributed by atoms with van der Waals surface area (Å²) in [5.74, 6) is 0.978. The van der Waals surface area contributed by atoms with Gasteiger partial charge in [-0.25, -0.2) is 0 Å². The summed E-state index contributed by atoms with van der Waals surface area (Å²) < 4.78 is 9.99. The van der Waals surface area contributed by atoms with Crippen LogP contribution < -0.4 is 0 Å². The largest absolute Gasteiger partial charge is 0.469 e. The van der Waals surface area contributed by atoms with Gasteiger partial charge in [-0.05, 0) is 11.1 Å². The summed E-state index contributed by atoms with van der Waals surface area (Å²) in [4.78, 5) is 11.3. The third kappa shape index (κ3) is 3.82. The Morgan fingerprint density at radius 2 is 2.05 bits per heavy atom. The number of aryl methyl sites for hydroxylation is 1. The molecule has 0 atom stereocenters. The second-order valence-electron chi connectivity index (χ2n) is 3.90. The second-order valence-corrected chi connectivity index (χ2v) is 4.82. The van der Waals surface area contributed by atoms with Crippen LogP contribution in [0.1, 0.15) is 17.0 Å². The minimum absolute atomic E-state index is 0.244. The third-order valence-electron chi connectivity index (χ3n) is 2.54. The monoisotopic (exact) mass is 278 g/mol. The van der Waals surface area contributed by atoms with Gasteiger partial charge < -0.3 is 9.15 Å². The number of benzene rings is 1. The molecular weight excluding hydrogens is 264 g/mol. The standard InChI is InChI=1S/C13H14N2O3S/c1-9-14-15-13(18-9)19-8-11-6-4-3-5-10(11)7-12(16)17-2/h3-6H,7-8H2,1-2H3. The first-order chi connectivity index (χ1) is 9.19. The van der Waals surface area contributed by atoms with Gasteiger partial charge in [0.2, 0.25) is 5.89 Å². The molecule has 0 saturated carbocycles. The van der Waals surface area contributed by atoms with E-state index in [1.165, 1.54) is 18.9 Å². The van der Waals surface area contributed by atoms with E-state index in [4.69, 9.17) is 4.42 Å². The zero-order valence-electron chi connectivity index (χ0n) is 10.8. The van der Waals surface area contributed by atoms with Gasteiger partial charge in [-0.3, -0.25) is 4.79 Å². The van der Waals surface area contributed by atoms with Crippen molar-refractivity contribution in [3.05, 3.63) is 41.3 Å². The lowest BCUT2D eigenvalue weighted by atomic mass is 10.1. The summed E-state index contributed by atoms with van der Waals surface area (Å²) in [6.45, 7) is 1.75. The fourth-order valence-corrected chi connectivity index (χ4v) is 2.41. The Balaban J connectivity index is 2.05. The highest BCUT2D eigenvalue weighted by Crippen LogP contribution is 2.23. The molecule has 1 aromatic heterocycles. The lowest BCUT2D eigenvalue weighted by Gasteiger charge is -2.06. The molecule has 1 heterocycles. The Morgan fingerprint density at radius 3 is 2.68 bits per heavy atom. The van der Waals surface area contributed by atoms with E-state index in [-0.39, 0.29) is 12.4 Å². The lowest BCUT2D eigenvalue weighted by molar-refractivity contribution is -0.139.